The zero-order chi connectivity index (χ0) is 15.0. The van der Waals surface area contributed by atoms with E-state index >= 15 is 0 Å². The molecule has 0 spiro atoms. The number of nitrogens with one attached hydrogen (secondary N) is 1. The first-order valence-corrected chi connectivity index (χ1v) is 6.22. The van der Waals surface area contributed by atoms with Crippen LogP contribution in [0.2, 0.25) is 0 Å². The van der Waals surface area contributed by atoms with Gasteiger partial charge in [-0.05, 0) is 30.5 Å². The van der Waals surface area contributed by atoms with Crippen LogP contribution in [0.1, 0.15) is 18.4 Å². The zero-order valence-corrected chi connectivity index (χ0v) is 11.6. The van der Waals surface area contributed by atoms with Crippen LogP contribution in [0.4, 0.5) is 0 Å². The lowest BCUT2D eigenvalue weighted by Gasteiger charge is -2.16. The van der Waals surface area contributed by atoms with Crippen LogP contribution in [0.3, 0.4) is 0 Å². The summed E-state index contributed by atoms with van der Waals surface area (Å²) >= 11 is 0. The van der Waals surface area contributed by atoms with Gasteiger partial charge in [0.05, 0.1) is 14.2 Å². The fraction of sp³-hybridized carbons (Fsp3) is 0.429. The van der Waals surface area contributed by atoms with Crippen molar-refractivity contribution in [2.45, 2.75) is 25.3 Å². The van der Waals surface area contributed by atoms with Gasteiger partial charge in [-0.15, -0.1) is 0 Å². The van der Waals surface area contributed by atoms with Crippen molar-refractivity contribution in [2.75, 3.05) is 14.2 Å². The highest BCUT2D eigenvalue weighted by Gasteiger charge is 2.12. The smallest absolute Gasteiger partial charge is 0.303 e. The monoisotopic (exact) mass is 281 g/mol. The largest absolute Gasteiger partial charge is 0.497 e. The Morgan fingerprint density at radius 2 is 1.90 bits per heavy atom. The Morgan fingerprint density at radius 3 is 2.35 bits per heavy atom. The second kappa shape index (κ2) is 8.04. The van der Waals surface area contributed by atoms with Crippen molar-refractivity contribution in [1.82, 2.24) is 5.32 Å². The highest BCUT2D eigenvalue weighted by Crippen LogP contribution is 2.23. The average Bonchev–Trinajstić information content (AvgIpc) is 2.44. The van der Waals surface area contributed by atoms with Crippen molar-refractivity contribution in [1.29, 1.82) is 0 Å². The topological polar surface area (TPSA) is 84.9 Å². The molecule has 1 atom stereocenters. The number of hydrogen-bond donors (Lipinski definition) is 2. The second-order valence-corrected chi connectivity index (χ2v) is 4.34. The first kappa shape index (κ1) is 15.8. The van der Waals surface area contributed by atoms with Crippen LogP contribution in [0.5, 0.6) is 11.5 Å². The lowest BCUT2D eigenvalue weighted by atomic mass is 10.0. The highest BCUT2D eigenvalue weighted by atomic mass is 16.5. The van der Waals surface area contributed by atoms with E-state index in [1.165, 1.54) is 0 Å². The molecule has 0 saturated heterocycles. The van der Waals surface area contributed by atoms with Gasteiger partial charge in [0.2, 0.25) is 6.41 Å². The molecule has 1 aromatic rings. The molecule has 1 amide bonds. The third-order valence-electron chi connectivity index (χ3n) is 2.90. The molecule has 0 aliphatic heterocycles. The molecular formula is C14H19NO5. The summed E-state index contributed by atoms with van der Waals surface area (Å²) in [6.45, 7) is 0. The van der Waals surface area contributed by atoms with Crippen LogP contribution in [0.15, 0.2) is 18.2 Å². The van der Waals surface area contributed by atoms with Crippen molar-refractivity contribution in [3.05, 3.63) is 23.8 Å². The molecule has 0 heterocycles. The van der Waals surface area contributed by atoms with Gasteiger partial charge in [0.15, 0.2) is 0 Å². The molecule has 0 radical (unpaired) electrons. The summed E-state index contributed by atoms with van der Waals surface area (Å²) in [5.41, 5.74) is 0.908. The number of carboxylic acids is 1. The molecule has 0 bridgehead atoms. The summed E-state index contributed by atoms with van der Waals surface area (Å²) in [4.78, 5) is 21.2. The maximum Gasteiger partial charge on any atom is 0.303 e. The van der Waals surface area contributed by atoms with Crippen molar-refractivity contribution >= 4 is 12.4 Å². The molecule has 110 valence electrons. The van der Waals surface area contributed by atoms with Gasteiger partial charge < -0.3 is 19.9 Å². The number of benzene rings is 1. The summed E-state index contributed by atoms with van der Waals surface area (Å²) in [5.74, 6) is 0.427. The van der Waals surface area contributed by atoms with Crippen LogP contribution in [-0.4, -0.2) is 37.7 Å². The fourth-order valence-electron chi connectivity index (χ4n) is 1.91. The number of carbonyl (C=O) groups is 2. The predicted octanol–water partition coefficient (Wildman–Crippen LogP) is 1.23. The van der Waals surface area contributed by atoms with Crippen LogP contribution in [0, 0.1) is 0 Å². The number of aliphatic carboxylic acids is 1. The Kier molecular flexibility index (Phi) is 6.36. The standard InChI is InChI=1S/C14H19NO5/c1-19-12-6-10(7-13(8-12)20-2)5-11(15-9-16)3-4-14(17)18/h6-9,11H,3-5H2,1-2H3,(H,15,16)(H,17,18). The molecule has 0 aliphatic carbocycles. The molecule has 0 aromatic heterocycles. The SMILES string of the molecule is COc1cc(CC(CCC(=O)O)NC=O)cc(OC)c1. The quantitative estimate of drug-likeness (QED) is 0.665. The van der Waals surface area contributed by atoms with Crippen molar-refractivity contribution in [2.24, 2.45) is 0 Å². The lowest BCUT2D eigenvalue weighted by molar-refractivity contribution is -0.137. The van der Waals surface area contributed by atoms with E-state index in [9.17, 15) is 9.59 Å². The van der Waals surface area contributed by atoms with Crippen molar-refractivity contribution in [3.63, 3.8) is 0 Å². The molecular weight excluding hydrogens is 262 g/mol. The first-order chi connectivity index (χ1) is 9.58. The molecule has 0 aliphatic rings. The summed E-state index contributed by atoms with van der Waals surface area (Å²) in [6, 6.07) is 5.19. The van der Waals surface area contributed by atoms with Gasteiger partial charge in [-0.25, -0.2) is 0 Å². The van der Waals surface area contributed by atoms with Gasteiger partial charge >= 0.3 is 5.97 Å². The molecule has 6 heteroatoms. The Balaban J connectivity index is 2.80. The molecule has 1 unspecified atom stereocenters. The van der Waals surface area contributed by atoms with Crippen molar-refractivity contribution in [3.8, 4) is 11.5 Å². The normalized spacial score (nSPS) is 11.5. The van der Waals surface area contributed by atoms with Gasteiger partial charge in [0, 0.05) is 18.5 Å². The summed E-state index contributed by atoms with van der Waals surface area (Å²) < 4.78 is 10.3. The number of amides is 1. The number of hydrogen-bond acceptors (Lipinski definition) is 4. The van der Waals surface area contributed by atoms with E-state index < -0.39 is 5.97 Å². The van der Waals surface area contributed by atoms with Gasteiger partial charge in [0.25, 0.3) is 0 Å². The van der Waals surface area contributed by atoms with E-state index in [4.69, 9.17) is 14.6 Å². The minimum absolute atomic E-state index is 0.00656. The fourth-order valence-corrected chi connectivity index (χ4v) is 1.91. The van der Waals surface area contributed by atoms with Crippen molar-refractivity contribution < 1.29 is 24.2 Å². The maximum absolute atomic E-state index is 10.6. The average molecular weight is 281 g/mol. The van der Waals surface area contributed by atoms with Gasteiger partial charge in [-0.1, -0.05) is 0 Å². The van der Waals surface area contributed by atoms with E-state index in [1.807, 2.05) is 12.1 Å². The predicted molar refractivity (Wildman–Crippen MR) is 73.1 cm³/mol. The molecule has 1 aromatic carbocycles. The van der Waals surface area contributed by atoms with E-state index in [-0.39, 0.29) is 12.5 Å². The van der Waals surface area contributed by atoms with E-state index in [2.05, 4.69) is 5.32 Å². The molecule has 0 saturated carbocycles. The molecule has 0 fully saturated rings. The number of ether oxygens (including phenoxy) is 2. The van der Waals surface area contributed by atoms with Gasteiger partial charge in [-0.3, -0.25) is 9.59 Å². The Labute approximate surface area is 117 Å². The van der Waals surface area contributed by atoms with Crippen LogP contribution in [0.25, 0.3) is 0 Å². The molecule has 20 heavy (non-hydrogen) atoms. The van der Waals surface area contributed by atoms with E-state index in [1.54, 1.807) is 20.3 Å². The lowest BCUT2D eigenvalue weighted by Crippen LogP contribution is -2.30. The number of rotatable bonds is 9. The van der Waals surface area contributed by atoms with Crippen LogP contribution >= 0.6 is 0 Å². The minimum Gasteiger partial charge on any atom is -0.497 e. The number of carbonyl (C=O) groups excluding carboxylic acids is 1. The molecule has 6 nitrogen and oxygen atoms in total. The third-order valence-corrected chi connectivity index (χ3v) is 2.90. The summed E-state index contributed by atoms with van der Waals surface area (Å²) in [7, 11) is 3.12. The summed E-state index contributed by atoms with van der Waals surface area (Å²) in [5, 5.41) is 11.3. The second-order valence-electron chi connectivity index (χ2n) is 4.34. The number of carboxylic acid groups (broad SMARTS) is 1. The Morgan fingerprint density at radius 1 is 1.30 bits per heavy atom. The zero-order valence-electron chi connectivity index (χ0n) is 11.6. The highest BCUT2D eigenvalue weighted by molar-refractivity contribution is 5.66. The molecule has 2 N–H and O–H groups in total. The Hall–Kier alpha value is -2.24. The third kappa shape index (κ3) is 5.17. The first-order valence-electron chi connectivity index (χ1n) is 6.22. The van der Waals surface area contributed by atoms with Crippen LogP contribution < -0.4 is 14.8 Å². The molecule has 1 rings (SSSR count). The summed E-state index contributed by atoms with van der Waals surface area (Å²) in [6.07, 6.45) is 1.48. The van der Waals surface area contributed by atoms with Gasteiger partial charge in [-0.2, -0.15) is 0 Å². The van der Waals surface area contributed by atoms with E-state index in [0.717, 1.165) is 5.56 Å². The Bertz CT molecular complexity index is 439. The maximum atomic E-state index is 10.6. The van der Waals surface area contributed by atoms with E-state index in [0.29, 0.717) is 30.8 Å². The van der Waals surface area contributed by atoms with Crippen LogP contribution in [-0.2, 0) is 16.0 Å². The minimum atomic E-state index is -0.883. The number of methoxy groups -OCH3 is 2. The van der Waals surface area contributed by atoms with Gasteiger partial charge in [0.1, 0.15) is 11.5 Å².